The molecule has 38 heavy (non-hydrogen) atoms. The summed E-state index contributed by atoms with van der Waals surface area (Å²) in [4.78, 5) is 13.8. The summed E-state index contributed by atoms with van der Waals surface area (Å²) < 4.78 is 26.4. The summed E-state index contributed by atoms with van der Waals surface area (Å²) in [5, 5.41) is 12.4. The van der Waals surface area contributed by atoms with E-state index in [2.05, 4.69) is 9.69 Å². The van der Waals surface area contributed by atoms with Crippen LogP contribution in [0.4, 0.5) is 5.69 Å². The van der Waals surface area contributed by atoms with E-state index < -0.39 is 6.04 Å². The molecule has 1 atom stereocenters. The largest absolute Gasteiger partial charge is 0.508 e. The number of nitrogens with two attached hydrogens (primary N) is 1. The van der Waals surface area contributed by atoms with Gasteiger partial charge in [0.25, 0.3) is 0 Å². The van der Waals surface area contributed by atoms with Crippen LogP contribution >= 0.6 is 11.5 Å². The van der Waals surface area contributed by atoms with Crippen LogP contribution in [0, 0.1) is 0 Å². The van der Waals surface area contributed by atoms with E-state index in [1.165, 1.54) is 18.6 Å². The Morgan fingerprint density at radius 3 is 2.18 bits per heavy atom. The maximum Gasteiger partial charge on any atom is 0.241 e. The lowest BCUT2D eigenvalue weighted by molar-refractivity contribution is -0.117. The molecule has 9 nitrogen and oxygen atoms in total. The first-order chi connectivity index (χ1) is 18.4. The Morgan fingerprint density at radius 1 is 0.921 bits per heavy atom. The minimum Gasteiger partial charge on any atom is -0.508 e. The van der Waals surface area contributed by atoms with Gasteiger partial charge in [0.15, 0.2) is 11.5 Å². The maximum absolute atomic E-state index is 12.9. The molecule has 0 bridgehead atoms. The number of hydrogen-bond donors (Lipinski definition) is 3. The lowest BCUT2D eigenvalue weighted by Crippen LogP contribution is -2.37. The number of hydrogen-bond acceptors (Lipinski definition) is 9. The fourth-order valence-electron chi connectivity index (χ4n) is 4.04. The van der Waals surface area contributed by atoms with Crippen molar-refractivity contribution in [3.8, 4) is 50.3 Å². The predicted octanol–water partition coefficient (Wildman–Crippen LogP) is 4.73. The van der Waals surface area contributed by atoms with Crippen molar-refractivity contribution in [3.05, 3.63) is 66.4 Å². The van der Waals surface area contributed by atoms with Gasteiger partial charge in [0, 0.05) is 17.3 Å². The van der Waals surface area contributed by atoms with E-state index in [1.807, 2.05) is 24.3 Å². The van der Waals surface area contributed by atoms with Gasteiger partial charge in [0.1, 0.15) is 11.5 Å². The summed E-state index contributed by atoms with van der Waals surface area (Å²) in [6.45, 7) is 0. The van der Waals surface area contributed by atoms with Gasteiger partial charge >= 0.3 is 0 Å². The number of aromatic hydroxyl groups is 1. The van der Waals surface area contributed by atoms with Crippen molar-refractivity contribution in [3.63, 3.8) is 0 Å². The molecule has 0 saturated carbocycles. The monoisotopic (exact) mass is 535 g/mol. The van der Waals surface area contributed by atoms with E-state index in [0.29, 0.717) is 35.1 Å². The molecule has 0 radical (unpaired) electrons. The summed E-state index contributed by atoms with van der Waals surface area (Å²) in [5.74, 6) is 1.86. The number of amides is 1. The van der Waals surface area contributed by atoms with Crippen molar-refractivity contribution in [2.45, 2.75) is 12.5 Å². The van der Waals surface area contributed by atoms with E-state index in [4.69, 9.17) is 24.7 Å². The Balaban J connectivity index is 1.64. The van der Waals surface area contributed by atoms with Gasteiger partial charge < -0.3 is 35.1 Å². The van der Waals surface area contributed by atoms with Crippen LogP contribution in [0.15, 0.2) is 60.8 Å². The van der Waals surface area contributed by atoms with E-state index in [0.717, 1.165) is 27.1 Å². The quantitative estimate of drug-likeness (QED) is 0.266. The zero-order chi connectivity index (χ0) is 27.2. The van der Waals surface area contributed by atoms with Crippen LogP contribution in [-0.4, -0.2) is 49.9 Å². The predicted molar refractivity (Wildman–Crippen MR) is 148 cm³/mol. The Bertz CT molecular complexity index is 1400. The van der Waals surface area contributed by atoms with Crippen LogP contribution in [0.2, 0.25) is 0 Å². The van der Waals surface area contributed by atoms with Crippen LogP contribution in [0.3, 0.4) is 0 Å². The Kier molecular flexibility index (Phi) is 8.35. The molecule has 0 aliphatic carbocycles. The fourth-order valence-corrected chi connectivity index (χ4v) is 4.80. The lowest BCUT2D eigenvalue weighted by atomic mass is 10.0. The first-order valence-electron chi connectivity index (χ1n) is 11.7. The minimum atomic E-state index is -0.800. The van der Waals surface area contributed by atoms with Crippen LogP contribution in [0.1, 0.15) is 5.56 Å². The van der Waals surface area contributed by atoms with Crippen molar-refractivity contribution in [1.82, 2.24) is 4.37 Å². The van der Waals surface area contributed by atoms with E-state index in [1.54, 1.807) is 57.9 Å². The number of nitrogens with zero attached hydrogens (tertiary/aromatic N) is 1. The number of methoxy groups -OCH3 is 4. The van der Waals surface area contributed by atoms with Gasteiger partial charge in [-0.15, -0.1) is 0 Å². The summed E-state index contributed by atoms with van der Waals surface area (Å²) in [6.07, 6.45) is 2.08. The molecule has 0 saturated heterocycles. The summed E-state index contributed by atoms with van der Waals surface area (Å²) >= 11 is 1.33. The second kappa shape index (κ2) is 11.8. The van der Waals surface area contributed by atoms with Crippen molar-refractivity contribution in [2.24, 2.45) is 5.73 Å². The van der Waals surface area contributed by atoms with Gasteiger partial charge in [-0.05, 0) is 65.5 Å². The number of ether oxygens (including phenoxy) is 4. The first kappa shape index (κ1) is 26.8. The molecule has 0 aliphatic heterocycles. The third kappa shape index (κ3) is 5.66. The number of phenolic OH excluding ortho intramolecular Hbond substituents is 1. The number of rotatable bonds is 10. The van der Waals surface area contributed by atoms with Gasteiger partial charge in [0.05, 0.1) is 45.0 Å². The second-order valence-electron chi connectivity index (χ2n) is 8.36. The molecule has 0 spiro atoms. The minimum absolute atomic E-state index is 0.155. The van der Waals surface area contributed by atoms with Gasteiger partial charge in [-0.2, -0.15) is 4.37 Å². The smallest absolute Gasteiger partial charge is 0.241 e. The normalized spacial score (nSPS) is 11.5. The van der Waals surface area contributed by atoms with E-state index in [9.17, 15) is 9.90 Å². The molecule has 3 aromatic carbocycles. The van der Waals surface area contributed by atoms with Crippen molar-refractivity contribution < 1.29 is 28.8 Å². The highest BCUT2D eigenvalue weighted by atomic mass is 32.1. The highest BCUT2D eigenvalue weighted by Crippen LogP contribution is 2.45. The maximum atomic E-state index is 12.9. The summed E-state index contributed by atoms with van der Waals surface area (Å²) in [6, 6.07) is 15.0. The van der Waals surface area contributed by atoms with Crippen molar-refractivity contribution >= 4 is 23.1 Å². The average molecular weight is 536 g/mol. The summed E-state index contributed by atoms with van der Waals surface area (Å²) in [5.41, 5.74) is 10.0. The molecule has 1 heterocycles. The van der Waals surface area contributed by atoms with Gasteiger partial charge in [0.2, 0.25) is 11.7 Å². The molecule has 198 valence electrons. The summed E-state index contributed by atoms with van der Waals surface area (Å²) in [7, 11) is 6.23. The van der Waals surface area contributed by atoms with E-state index >= 15 is 0 Å². The number of aromatic nitrogens is 1. The highest BCUT2D eigenvalue weighted by molar-refractivity contribution is 7.10. The number of anilines is 1. The molecule has 4 aromatic rings. The highest BCUT2D eigenvalue weighted by Gasteiger charge is 2.20. The Labute approximate surface area is 224 Å². The third-order valence-electron chi connectivity index (χ3n) is 5.99. The Hall–Kier alpha value is -4.28. The molecule has 0 aliphatic rings. The molecule has 0 fully saturated rings. The standard InChI is InChI=1S/C28H29N3O6S/c1-34-23-10-7-17(12-22(23)31-28(33)21(29)11-16-5-8-19(32)9-6-16)20-15-30-38-27(20)18-13-24(35-2)26(37-4)25(14-18)36-3/h5-10,12-15,21,32H,11,29H2,1-4H3,(H,31,33). The molecular formula is C28H29N3O6S. The van der Waals surface area contributed by atoms with Crippen molar-refractivity contribution in [1.29, 1.82) is 0 Å². The lowest BCUT2D eigenvalue weighted by Gasteiger charge is -2.16. The third-order valence-corrected chi connectivity index (χ3v) is 6.84. The number of carbonyl (C=O) groups excluding carboxylic acids is 1. The van der Waals surface area contributed by atoms with Crippen molar-refractivity contribution in [2.75, 3.05) is 33.8 Å². The first-order valence-corrected chi connectivity index (χ1v) is 12.4. The fraction of sp³-hybridized carbons (Fsp3) is 0.214. The Morgan fingerprint density at radius 2 is 1.58 bits per heavy atom. The molecule has 1 amide bonds. The van der Waals surface area contributed by atoms with Crippen LogP contribution in [-0.2, 0) is 11.2 Å². The van der Waals surface area contributed by atoms with Crippen LogP contribution in [0.25, 0.3) is 21.6 Å². The molecule has 4 N–H and O–H groups in total. The number of carbonyl (C=O) groups is 1. The van der Waals surface area contributed by atoms with Gasteiger partial charge in [-0.3, -0.25) is 4.79 Å². The number of phenols is 1. The molecular weight excluding hydrogens is 506 g/mol. The van der Waals surface area contributed by atoms with Gasteiger partial charge in [-0.1, -0.05) is 18.2 Å². The van der Waals surface area contributed by atoms with Crippen LogP contribution in [0.5, 0.6) is 28.7 Å². The molecule has 10 heteroatoms. The molecule has 4 rings (SSSR count). The molecule has 1 unspecified atom stereocenters. The topological polar surface area (TPSA) is 125 Å². The zero-order valence-corrected chi connectivity index (χ0v) is 22.3. The van der Waals surface area contributed by atoms with Crippen LogP contribution < -0.4 is 30.0 Å². The zero-order valence-electron chi connectivity index (χ0n) is 21.5. The number of nitrogens with one attached hydrogen (secondary N) is 1. The number of benzene rings is 3. The average Bonchev–Trinajstić information content (AvgIpc) is 3.43. The SMILES string of the molecule is COc1ccc(-c2cnsc2-c2cc(OC)c(OC)c(OC)c2)cc1NC(=O)C(N)Cc1ccc(O)cc1. The second-order valence-corrected chi connectivity index (χ2v) is 9.17. The van der Waals surface area contributed by atoms with E-state index in [-0.39, 0.29) is 11.7 Å². The van der Waals surface area contributed by atoms with Gasteiger partial charge in [-0.25, -0.2) is 0 Å². The molecule has 1 aromatic heterocycles.